The molecule has 2 amide bonds. The predicted octanol–water partition coefficient (Wildman–Crippen LogP) is 7.03. The first-order valence-corrected chi connectivity index (χ1v) is 13.6. The molecule has 0 heterocycles. The summed E-state index contributed by atoms with van der Waals surface area (Å²) >= 11 is 14.6. The van der Waals surface area contributed by atoms with Crippen molar-refractivity contribution in [2.45, 2.75) is 56.6 Å². The second kappa shape index (κ2) is 13.2. The van der Waals surface area contributed by atoms with Crippen LogP contribution in [0.3, 0.4) is 0 Å². The van der Waals surface area contributed by atoms with Crippen LogP contribution in [0.1, 0.15) is 38.3 Å². The summed E-state index contributed by atoms with van der Waals surface area (Å²) in [6.07, 6.45) is 0.651. The monoisotopic (exact) mass is 542 g/mol. The summed E-state index contributed by atoms with van der Waals surface area (Å²) < 4.78 is 0. The van der Waals surface area contributed by atoms with Gasteiger partial charge in [0.25, 0.3) is 0 Å². The Morgan fingerprint density at radius 3 is 2.06 bits per heavy atom. The Balaban J connectivity index is 1.92. The number of carbonyl (C=O) groups excluding carboxylic acids is 2. The topological polar surface area (TPSA) is 49.4 Å². The molecule has 3 aromatic rings. The predicted molar refractivity (Wildman–Crippen MR) is 151 cm³/mol. The maximum atomic E-state index is 13.7. The van der Waals surface area contributed by atoms with Gasteiger partial charge in [-0.15, -0.1) is 11.8 Å². The third-order valence-corrected chi connectivity index (χ3v) is 7.21. The molecule has 1 atom stereocenters. The molecule has 4 nitrogen and oxygen atoms in total. The largest absolute Gasteiger partial charge is 0.350 e. The van der Waals surface area contributed by atoms with E-state index in [0.29, 0.717) is 27.8 Å². The number of nitrogens with one attached hydrogen (secondary N) is 1. The SMILES string of the molecule is CC(C)(C)NC(=O)[C@H](Cc1ccccc1)N(Cc1c(Cl)cccc1Cl)C(=O)CCSc1ccccc1. The average Bonchev–Trinajstić information content (AvgIpc) is 2.83. The van der Waals surface area contributed by atoms with Crippen molar-refractivity contribution in [2.24, 2.45) is 0 Å². The van der Waals surface area contributed by atoms with Crippen LogP contribution >= 0.6 is 35.0 Å². The Hall–Kier alpha value is -2.47. The number of hydrogen-bond donors (Lipinski definition) is 1. The zero-order valence-corrected chi connectivity index (χ0v) is 23.2. The number of rotatable bonds is 10. The average molecular weight is 544 g/mol. The van der Waals surface area contributed by atoms with Gasteiger partial charge in [0.2, 0.25) is 11.8 Å². The molecule has 7 heteroatoms. The molecule has 0 radical (unpaired) electrons. The first kappa shape index (κ1) is 28.1. The summed E-state index contributed by atoms with van der Waals surface area (Å²) in [5, 5.41) is 4.00. The maximum Gasteiger partial charge on any atom is 0.243 e. The van der Waals surface area contributed by atoms with Crippen molar-refractivity contribution in [3.8, 4) is 0 Å². The molecule has 1 N–H and O–H groups in total. The van der Waals surface area contributed by atoms with Crippen molar-refractivity contribution >= 4 is 46.8 Å². The van der Waals surface area contributed by atoms with Gasteiger partial charge in [-0.1, -0.05) is 77.8 Å². The number of carbonyl (C=O) groups is 2. The van der Waals surface area contributed by atoms with Crippen LogP contribution < -0.4 is 5.32 Å². The molecule has 0 aliphatic carbocycles. The fraction of sp³-hybridized carbons (Fsp3) is 0.310. The van der Waals surface area contributed by atoms with Crippen molar-refractivity contribution in [1.82, 2.24) is 10.2 Å². The van der Waals surface area contributed by atoms with E-state index in [1.54, 1.807) is 34.9 Å². The smallest absolute Gasteiger partial charge is 0.243 e. The molecule has 0 bridgehead atoms. The number of hydrogen-bond acceptors (Lipinski definition) is 3. The van der Waals surface area contributed by atoms with Gasteiger partial charge in [0.1, 0.15) is 6.04 Å². The molecule has 36 heavy (non-hydrogen) atoms. The number of amides is 2. The van der Waals surface area contributed by atoms with Gasteiger partial charge in [-0.05, 0) is 50.6 Å². The van der Waals surface area contributed by atoms with Gasteiger partial charge in [0, 0.05) is 51.2 Å². The Morgan fingerprint density at radius 2 is 1.47 bits per heavy atom. The Morgan fingerprint density at radius 1 is 0.889 bits per heavy atom. The van der Waals surface area contributed by atoms with Crippen molar-refractivity contribution in [3.05, 3.63) is 100 Å². The first-order valence-electron chi connectivity index (χ1n) is 11.9. The molecule has 0 saturated heterocycles. The highest BCUT2D eigenvalue weighted by Crippen LogP contribution is 2.28. The number of nitrogens with zero attached hydrogens (tertiary/aromatic N) is 1. The van der Waals surface area contributed by atoms with E-state index < -0.39 is 11.6 Å². The summed E-state index contributed by atoms with van der Waals surface area (Å²) in [5.74, 6) is 0.257. The van der Waals surface area contributed by atoms with E-state index in [4.69, 9.17) is 23.2 Å². The van der Waals surface area contributed by atoms with Crippen molar-refractivity contribution in [1.29, 1.82) is 0 Å². The number of thioether (sulfide) groups is 1. The first-order chi connectivity index (χ1) is 17.1. The lowest BCUT2D eigenvalue weighted by Gasteiger charge is -2.34. The minimum Gasteiger partial charge on any atom is -0.350 e. The van der Waals surface area contributed by atoms with Crippen LogP contribution in [0.4, 0.5) is 0 Å². The number of benzene rings is 3. The molecule has 0 aliphatic heterocycles. The van der Waals surface area contributed by atoms with Gasteiger partial charge in [-0.25, -0.2) is 0 Å². The minimum atomic E-state index is -0.729. The highest BCUT2D eigenvalue weighted by atomic mass is 35.5. The van der Waals surface area contributed by atoms with E-state index in [2.05, 4.69) is 5.32 Å². The van der Waals surface area contributed by atoms with Crippen molar-refractivity contribution in [3.63, 3.8) is 0 Å². The van der Waals surface area contributed by atoms with Gasteiger partial charge in [0.15, 0.2) is 0 Å². The van der Waals surface area contributed by atoms with Crippen LogP contribution in [0.5, 0.6) is 0 Å². The van der Waals surface area contributed by atoms with Gasteiger partial charge in [-0.3, -0.25) is 9.59 Å². The molecule has 190 valence electrons. The Kier molecular flexibility index (Phi) is 10.3. The fourth-order valence-corrected chi connectivity index (χ4v) is 5.16. The highest BCUT2D eigenvalue weighted by Gasteiger charge is 2.32. The van der Waals surface area contributed by atoms with Crippen LogP contribution in [-0.2, 0) is 22.6 Å². The third-order valence-electron chi connectivity index (χ3n) is 5.49. The summed E-state index contributed by atoms with van der Waals surface area (Å²) in [6, 6.07) is 24.2. The summed E-state index contributed by atoms with van der Waals surface area (Å²) in [7, 11) is 0. The summed E-state index contributed by atoms with van der Waals surface area (Å²) in [6.45, 7) is 5.93. The van der Waals surface area contributed by atoms with Crippen LogP contribution in [-0.4, -0.2) is 34.0 Å². The summed E-state index contributed by atoms with van der Waals surface area (Å²) in [4.78, 5) is 30.0. The van der Waals surface area contributed by atoms with Gasteiger partial charge < -0.3 is 10.2 Å². The normalized spacial score (nSPS) is 12.1. The molecule has 3 rings (SSSR count). The quantitative estimate of drug-likeness (QED) is 0.279. The third kappa shape index (κ3) is 8.58. The van der Waals surface area contributed by atoms with Gasteiger partial charge in [0.05, 0.1) is 0 Å². The second-order valence-corrected chi connectivity index (χ2v) is 11.6. The van der Waals surface area contributed by atoms with E-state index in [-0.39, 0.29) is 24.8 Å². The molecule has 0 saturated carbocycles. The van der Waals surface area contributed by atoms with Crippen LogP contribution in [0.25, 0.3) is 0 Å². The molecule has 0 aromatic heterocycles. The Labute approximate surface area is 228 Å². The zero-order valence-electron chi connectivity index (χ0n) is 20.8. The van der Waals surface area contributed by atoms with Crippen LogP contribution in [0.2, 0.25) is 10.0 Å². The van der Waals surface area contributed by atoms with Gasteiger partial charge >= 0.3 is 0 Å². The molecule has 0 aliphatic rings. The minimum absolute atomic E-state index is 0.126. The molecule has 0 unspecified atom stereocenters. The standard InChI is InChI=1S/C29H32Cl2N2O2S/c1-29(2,3)32-28(35)26(19-21-11-6-4-7-12-21)33(20-23-24(30)15-10-16-25(23)31)27(34)17-18-36-22-13-8-5-9-14-22/h4-16,26H,17-20H2,1-3H3,(H,32,35)/t26-/m0/s1. The maximum absolute atomic E-state index is 13.7. The highest BCUT2D eigenvalue weighted by molar-refractivity contribution is 7.99. The second-order valence-electron chi connectivity index (χ2n) is 9.58. The molecular weight excluding hydrogens is 511 g/mol. The van der Waals surface area contributed by atoms with Crippen LogP contribution in [0, 0.1) is 0 Å². The molecule has 0 spiro atoms. The van der Waals surface area contributed by atoms with E-state index >= 15 is 0 Å². The van der Waals surface area contributed by atoms with Crippen molar-refractivity contribution in [2.75, 3.05) is 5.75 Å². The molecular formula is C29H32Cl2N2O2S. The van der Waals surface area contributed by atoms with Crippen molar-refractivity contribution < 1.29 is 9.59 Å². The number of halogens is 2. The zero-order chi connectivity index (χ0) is 26.1. The van der Waals surface area contributed by atoms with E-state index in [1.807, 2.05) is 81.4 Å². The van der Waals surface area contributed by atoms with Crippen LogP contribution in [0.15, 0.2) is 83.8 Å². The van der Waals surface area contributed by atoms with Gasteiger partial charge in [-0.2, -0.15) is 0 Å². The summed E-state index contributed by atoms with van der Waals surface area (Å²) in [5.41, 5.74) is 1.14. The Bertz CT molecular complexity index is 1130. The fourth-order valence-electron chi connectivity index (χ4n) is 3.78. The van der Waals surface area contributed by atoms with E-state index in [0.717, 1.165) is 10.5 Å². The molecule has 3 aromatic carbocycles. The molecule has 0 fully saturated rings. The lowest BCUT2D eigenvalue weighted by Crippen LogP contribution is -2.54. The van der Waals surface area contributed by atoms with E-state index in [1.165, 1.54) is 0 Å². The lowest BCUT2D eigenvalue weighted by atomic mass is 10.0. The van der Waals surface area contributed by atoms with E-state index in [9.17, 15) is 9.59 Å². The lowest BCUT2D eigenvalue weighted by molar-refractivity contribution is -0.141.